The van der Waals surface area contributed by atoms with Crippen molar-refractivity contribution in [1.82, 2.24) is 4.98 Å². The molecule has 0 unspecified atom stereocenters. The molecule has 0 radical (unpaired) electrons. The van der Waals surface area contributed by atoms with Gasteiger partial charge in [-0.3, -0.25) is 9.59 Å². The highest BCUT2D eigenvalue weighted by Crippen LogP contribution is 2.11. The number of amides is 1. The maximum absolute atomic E-state index is 11.8. The average molecular weight is 340 g/mol. The molecule has 0 saturated carbocycles. The van der Waals surface area contributed by atoms with E-state index < -0.39 is 0 Å². The quantitative estimate of drug-likeness (QED) is 0.824. The number of aromatic amines is 1. The van der Waals surface area contributed by atoms with Crippen LogP contribution in [0.25, 0.3) is 0 Å². The van der Waals surface area contributed by atoms with Crippen LogP contribution in [0.3, 0.4) is 0 Å². The summed E-state index contributed by atoms with van der Waals surface area (Å²) in [4.78, 5) is 25.3. The van der Waals surface area contributed by atoms with Crippen molar-refractivity contribution in [3.8, 4) is 0 Å². The fraction of sp³-hybridized carbons (Fsp3) is 0. The first-order chi connectivity index (χ1) is 8.15. The molecule has 4 nitrogen and oxygen atoms in total. The molecule has 86 valence electrons. The van der Waals surface area contributed by atoms with Crippen LogP contribution in [0.4, 0.5) is 5.69 Å². The van der Waals surface area contributed by atoms with E-state index in [0.717, 1.165) is 3.57 Å². The van der Waals surface area contributed by atoms with Crippen LogP contribution in [0.2, 0.25) is 0 Å². The third-order valence-corrected chi connectivity index (χ3v) is 2.83. The van der Waals surface area contributed by atoms with Crippen molar-refractivity contribution in [3.05, 3.63) is 62.1 Å². The van der Waals surface area contributed by atoms with E-state index in [9.17, 15) is 9.59 Å². The van der Waals surface area contributed by atoms with E-state index in [1.54, 1.807) is 24.3 Å². The predicted molar refractivity (Wildman–Crippen MR) is 74.2 cm³/mol. The highest BCUT2D eigenvalue weighted by molar-refractivity contribution is 14.1. The number of hydrogen-bond acceptors (Lipinski definition) is 2. The smallest absolute Gasteiger partial charge is 0.272 e. The summed E-state index contributed by atoms with van der Waals surface area (Å²) >= 11 is 2.19. The van der Waals surface area contributed by atoms with Crippen molar-refractivity contribution in [1.29, 1.82) is 0 Å². The molecular formula is C12H9IN2O2. The number of nitrogens with one attached hydrogen (secondary N) is 2. The van der Waals surface area contributed by atoms with Gasteiger partial charge in [0.1, 0.15) is 5.69 Å². The van der Waals surface area contributed by atoms with Gasteiger partial charge in [0.05, 0.1) is 0 Å². The van der Waals surface area contributed by atoms with Gasteiger partial charge >= 0.3 is 0 Å². The van der Waals surface area contributed by atoms with E-state index in [0.29, 0.717) is 5.69 Å². The number of hydrogen-bond donors (Lipinski definition) is 2. The molecule has 2 rings (SSSR count). The Morgan fingerprint density at radius 3 is 2.47 bits per heavy atom. The van der Waals surface area contributed by atoms with Crippen LogP contribution < -0.4 is 10.9 Å². The summed E-state index contributed by atoms with van der Waals surface area (Å²) in [6.07, 6.45) is 0. The molecule has 0 fully saturated rings. The normalized spacial score (nSPS) is 9.94. The van der Waals surface area contributed by atoms with Gasteiger partial charge in [0.25, 0.3) is 5.91 Å². The zero-order chi connectivity index (χ0) is 12.3. The first-order valence-electron chi connectivity index (χ1n) is 4.91. The van der Waals surface area contributed by atoms with Crippen molar-refractivity contribution in [2.24, 2.45) is 0 Å². The summed E-state index contributed by atoms with van der Waals surface area (Å²) in [5.41, 5.74) is 0.649. The molecule has 5 heteroatoms. The highest BCUT2D eigenvalue weighted by Gasteiger charge is 2.06. The Morgan fingerprint density at radius 1 is 1.12 bits per heavy atom. The molecule has 2 N–H and O–H groups in total. The summed E-state index contributed by atoms with van der Waals surface area (Å²) in [5.74, 6) is -0.330. The average Bonchev–Trinajstić information content (AvgIpc) is 2.32. The fourth-order valence-electron chi connectivity index (χ4n) is 1.31. The van der Waals surface area contributed by atoms with Crippen molar-refractivity contribution in [2.45, 2.75) is 0 Å². The van der Waals surface area contributed by atoms with Crippen molar-refractivity contribution >= 4 is 34.2 Å². The lowest BCUT2D eigenvalue weighted by molar-refractivity contribution is 0.102. The molecule has 1 aromatic carbocycles. The predicted octanol–water partition coefficient (Wildman–Crippen LogP) is 2.23. The fourth-order valence-corrected chi connectivity index (χ4v) is 1.67. The van der Waals surface area contributed by atoms with E-state index >= 15 is 0 Å². The van der Waals surface area contributed by atoms with E-state index in [2.05, 4.69) is 32.9 Å². The van der Waals surface area contributed by atoms with Gasteiger partial charge in [0.15, 0.2) is 0 Å². The molecule has 1 aromatic heterocycles. The number of anilines is 1. The lowest BCUT2D eigenvalue weighted by Gasteiger charge is -2.04. The van der Waals surface area contributed by atoms with Crippen molar-refractivity contribution in [2.75, 3.05) is 5.32 Å². The second kappa shape index (κ2) is 5.13. The summed E-state index contributed by atoms with van der Waals surface area (Å²) in [6.45, 7) is 0. The first-order valence-corrected chi connectivity index (χ1v) is 5.99. The Morgan fingerprint density at radius 2 is 1.82 bits per heavy atom. The van der Waals surface area contributed by atoms with Crippen LogP contribution in [0.5, 0.6) is 0 Å². The number of carbonyl (C=O) groups is 1. The standard InChI is InChI=1S/C12H9IN2O2/c13-8-4-6-9(7-5-8)14-12(17)10-2-1-3-11(16)15-10/h1-7H,(H,14,17)(H,15,16). The van der Waals surface area contributed by atoms with Gasteiger partial charge < -0.3 is 10.3 Å². The van der Waals surface area contributed by atoms with Gasteiger partial charge in [-0.05, 0) is 52.9 Å². The van der Waals surface area contributed by atoms with Crippen LogP contribution in [0.15, 0.2) is 47.3 Å². The molecule has 0 spiro atoms. The molecule has 2 aromatic rings. The number of aromatic nitrogens is 1. The molecular weight excluding hydrogens is 331 g/mol. The molecule has 0 aliphatic heterocycles. The number of pyridine rings is 1. The largest absolute Gasteiger partial charge is 0.321 e. The number of carbonyl (C=O) groups excluding carboxylic acids is 1. The summed E-state index contributed by atoms with van der Waals surface area (Å²) in [5, 5.41) is 2.70. The minimum absolute atomic E-state index is 0.246. The number of rotatable bonds is 2. The van der Waals surface area contributed by atoms with Crippen LogP contribution in [0, 0.1) is 3.57 Å². The topological polar surface area (TPSA) is 62.0 Å². The molecule has 1 heterocycles. The Bertz CT molecular complexity index is 590. The molecule has 0 bridgehead atoms. The summed E-state index contributed by atoms with van der Waals surface area (Å²) < 4.78 is 1.09. The maximum Gasteiger partial charge on any atom is 0.272 e. The van der Waals surface area contributed by atoms with E-state index in [-0.39, 0.29) is 17.2 Å². The molecule has 0 aliphatic rings. The van der Waals surface area contributed by atoms with Gasteiger partial charge in [-0.15, -0.1) is 0 Å². The molecule has 0 saturated heterocycles. The molecule has 0 aliphatic carbocycles. The Kier molecular flexibility index (Phi) is 3.58. The van der Waals surface area contributed by atoms with Gasteiger partial charge in [-0.1, -0.05) is 6.07 Å². The third-order valence-electron chi connectivity index (χ3n) is 2.12. The Balaban J connectivity index is 2.17. The maximum atomic E-state index is 11.8. The molecule has 0 atom stereocenters. The van der Waals surface area contributed by atoms with Crippen LogP contribution >= 0.6 is 22.6 Å². The summed E-state index contributed by atoms with van der Waals surface area (Å²) in [7, 11) is 0. The minimum Gasteiger partial charge on any atom is -0.321 e. The Hall–Kier alpha value is -1.63. The van der Waals surface area contributed by atoms with Gasteiger partial charge in [-0.25, -0.2) is 0 Å². The molecule has 1 amide bonds. The number of benzene rings is 1. The second-order valence-corrected chi connectivity index (χ2v) is 4.64. The lowest BCUT2D eigenvalue weighted by atomic mass is 10.3. The first kappa shape index (κ1) is 11.8. The lowest BCUT2D eigenvalue weighted by Crippen LogP contribution is -2.17. The van der Waals surface area contributed by atoms with Crippen LogP contribution in [-0.4, -0.2) is 10.9 Å². The van der Waals surface area contributed by atoms with Crippen molar-refractivity contribution in [3.63, 3.8) is 0 Å². The van der Waals surface area contributed by atoms with E-state index in [4.69, 9.17) is 0 Å². The van der Waals surface area contributed by atoms with Crippen molar-refractivity contribution < 1.29 is 4.79 Å². The van der Waals surface area contributed by atoms with E-state index in [1.165, 1.54) is 6.07 Å². The SMILES string of the molecule is O=C(Nc1ccc(I)cc1)c1cccc(=O)[nH]1. The summed E-state index contributed by atoms with van der Waals surface area (Å²) in [6, 6.07) is 11.9. The Labute approximate surface area is 111 Å². The van der Waals surface area contributed by atoms with Crippen LogP contribution in [-0.2, 0) is 0 Å². The number of H-pyrrole nitrogens is 1. The van der Waals surface area contributed by atoms with Crippen LogP contribution in [0.1, 0.15) is 10.5 Å². The van der Waals surface area contributed by atoms with Gasteiger partial charge in [0, 0.05) is 15.3 Å². The van der Waals surface area contributed by atoms with Gasteiger partial charge in [-0.2, -0.15) is 0 Å². The highest BCUT2D eigenvalue weighted by atomic mass is 127. The zero-order valence-corrected chi connectivity index (χ0v) is 10.9. The third kappa shape index (κ3) is 3.16. The monoisotopic (exact) mass is 340 g/mol. The minimum atomic E-state index is -0.330. The zero-order valence-electron chi connectivity index (χ0n) is 8.74. The molecule has 17 heavy (non-hydrogen) atoms. The van der Waals surface area contributed by atoms with Gasteiger partial charge in [0.2, 0.25) is 5.56 Å². The number of halogens is 1. The second-order valence-electron chi connectivity index (χ2n) is 3.39. The van der Waals surface area contributed by atoms with E-state index in [1.807, 2.05) is 12.1 Å².